The summed E-state index contributed by atoms with van der Waals surface area (Å²) in [5.74, 6) is 0. The number of anilines is 3. The van der Waals surface area contributed by atoms with E-state index in [4.69, 9.17) is 0 Å². The van der Waals surface area contributed by atoms with Gasteiger partial charge in [-0.2, -0.15) is 0 Å². The van der Waals surface area contributed by atoms with Crippen molar-refractivity contribution in [3.8, 4) is 55.6 Å². The minimum Gasteiger partial charge on any atom is -0.310 e. The molecule has 0 N–H and O–H groups in total. The van der Waals surface area contributed by atoms with E-state index in [1.807, 2.05) is 0 Å². The first-order valence-electron chi connectivity index (χ1n) is 18.2. The van der Waals surface area contributed by atoms with E-state index in [2.05, 4.69) is 229 Å². The Labute approximate surface area is 311 Å². The Hall–Kier alpha value is -6.96. The Bertz CT molecular complexity index is 2620. The lowest BCUT2D eigenvalue weighted by atomic mass is 9.89. The van der Waals surface area contributed by atoms with Crippen LogP contribution < -0.4 is 4.90 Å². The molecule has 0 spiro atoms. The molecule has 53 heavy (non-hydrogen) atoms. The van der Waals surface area contributed by atoms with Gasteiger partial charge in [-0.25, -0.2) is 0 Å². The average molecular weight is 676 g/mol. The van der Waals surface area contributed by atoms with Crippen molar-refractivity contribution < 1.29 is 0 Å². The summed E-state index contributed by atoms with van der Waals surface area (Å²) in [5, 5.41) is 2.51. The normalized spacial score (nSPS) is 11.0. The van der Waals surface area contributed by atoms with Crippen LogP contribution in [0.2, 0.25) is 0 Å². The lowest BCUT2D eigenvalue weighted by Crippen LogP contribution is -2.11. The molecule has 0 aliphatic carbocycles. The summed E-state index contributed by atoms with van der Waals surface area (Å²) in [6.45, 7) is 0. The molecule has 9 rings (SSSR count). The first kappa shape index (κ1) is 32.0. The van der Waals surface area contributed by atoms with Gasteiger partial charge in [0.25, 0.3) is 0 Å². The van der Waals surface area contributed by atoms with Crippen molar-refractivity contribution in [1.29, 1.82) is 0 Å². The molecule has 0 saturated heterocycles. The Morgan fingerprint density at radius 3 is 1.36 bits per heavy atom. The molecule has 0 atom stereocenters. The van der Waals surface area contributed by atoms with Gasteiger partial charge in [0.2, 0.25) is 0 Å². The molecule has 0 saturated carbocycles. The number of rotatable bonds is 8. The van der Waals surface area contributed by atoms with Gasteiger partial charge in [-0.05, 0) is 97.2 Å². The largest absolute Gasteiger partial charge is 0.310 e. The van der Waals surface area contributed by atoms with Crippen molar-refractivity contribution in [2.45, 2.75) is 0 Å². The maximum absolute atomic E-state index is 2.37. The maximum Gasteiger partial charge on any atom is 0.0540 e. The van der Waals surface area contributed by atoms with Gasteiger partial charge in [-0.1, -0.05) is 188 Å². The van der Waals surface area contributed by atoms with Crippen LogP contribution in [0.5, 0.6) is 0 Å². The second-order valence-corrected chi connectivity index (χ2v) is 13.3. The van der Waals surface area contributed by atoms with Crippen LogP contribution in [0.15, 0.2) is 224 Å². The van der Waals surface area contributed by atoms with Gasteiger partial charge in [0.1, 0.15) is 0 Å². The quantitative estimate of drug-likeness (QED) is 0.155. The number of hydrogen-bond donors (Lipinski definition) is 0. The Morgan fingerprint density at radius 2 is 0.698 bits per heavy atom. The zero-order chi connectivity index (χ0) is 35.4. The zero-order valence-corrected chi connectivity index (χ0v) is 29.3. The fourth-order valence-corrected chi connectivity index (χ4v) is 7.47. The monoisotopic (exact) mass is 675 g/mol. The summed E-state index contributed by atoms with van der Waals surface area (Å²) in [4.78, 5) is 2.37. The van der Waals surface area contributed by atoms with Crippen molar-refractivity contribution in [3.63, 3.8) is 0 Å². The number of hydrogen-bond acceptors (Lipinski definition) is 1. The molecule has 1 heteroatoms. The molecular formula is C52H37N. The topological polar surface area (TPSA) is 3.24 Å². The smallest absolute Gasteiger partial charge is 0.0540 e. The molecule has 0 bridgehead atoms. The van der Waals surface area contributed by atoms with E-state index in [0.717, 1.165) is 17.1 Å². The van der Waals surface area contributed by atoms with Crippen LogP contribution in [0, 0.1) is 0 Å². The SMILES string of the molecule is c1ccc(-c2ccc(N(c3ccc(-c4ccc(-c5cccc6ccccc56)c(-c5ccccc5)c4)cc3)c3ccccc3-c3ccccc3)cc2)cc1. The molecule has 0 aliphatic heterocycles. The van der Waals surface area contributed by atoms with Crippen LogP contribution in [-0.4, -0.2) is 0 Å². The third kappa shape index (κ3) is 6.42. The first-order valence-corrected chi connectivity index (χ1v) is 18.2. The fourth-order valence-electron chi connectivity index (χ4n) is 7.47. The molecular weight excluding hydrogens is 639 g/mol. The minimum atomic E-state index is 1.10. The highest BCUT2D eigenvalue weighted by Gasteiger charge is 2.18. The van der Waals surface area contributed by atoms with Crippen molar-refractivity contribution in [2.75, 3.05) is 4.90 Å². The van der Waals surface area contributed by atoms with Crippen LogP contribution >= 0.6 is 0 Å². The van der Waals surface area contributed by atoms with E-state index in [1.165, 1.54) is 66.4 Å². The second-order valence-electron chi connectivity index (χ2n) is 13.3. The predicted octanol–water partition coefficient (Wildman–Crippen LogP) is 14.6. The van der Waals surface area contributed by atoms with Crippen LogP contribution in [0.3, 0.4) is 0 Å². The molecule has 0 fully saturated rings. The minimum absolute atomic E-state index is 1.10. The summed E-state index contributed by atoms with van der Waals surface area (Å²) >= 11 is 0. The average Bonchev–Trinajstić information content (AvgIpc) is 3.25. The van der Waals surface area contributed by atoms with Gasteiger partial charge in [-0.3, -0.25) is 0 Å². The summed E-state index contributed by atoms with van der Waals surface area (Å²) in [6, 6.07) is 80.8. The molecule has 9 aromatic rings. The Balaban J connectivity index is 1.14. The van der Waals surface area contributed by atoms with E-state index in [9.17, 15) is 0 Å². The van der Waals surface area contributed by atoms with E-state index in [0.29, 0.717) is 0 Å². The summed E-state index contributed by atoms with van der Waals surface area (Å²) < 4.78 is 0. The Kier molecular flexibility index (Phi) is 8.66. The van der Waals surface area contributed by atoms with Crippen molar-refractivity contribution >= 4 is 27.8 Å². The highest BCUT2D eigenvalue weighted by Crippen LogP contribution is 2.43. The summed E-state index contributed by atoms with van der Waals surface area (Å²) in [5.41, 5.74) is 15.4. The lowest BCUT2D eigenvalue weighted by molar-refractivity contribution is 1.28. The van der Waals surface area contributed by atoms with E-state index < -0.39 is 0 Å². The molecule has 9 aromatic carbocycles. The van der Waals surface area contributed by atoms with Crippen LogP contribution in [-0.2, 0) is 0 Å². The van der Waals surface area contributed by atoms with Gasteiger partial charge >= 0.3 is 0 Å². The Morgan fingerprint density at radius 1 is 0.245 bits per heavy atom. The number of nitrogens with zero attached hydrogens (tertiary/aromatic N) is 1. The van der Waals surface area contributed by atoms with Gasteiger partial charge in [0.05, 0.1) is 5.69 Å². The molecule has 250 valence electrons. The highest BCUT2D eigenvalue weighted by molar-refractivity contribution is 6.01. The summed E-state index contributed by atoms with van der Waals surface area (Å²) in [6.07, 6.45) is 0. The van der Waals surface area contributed by atoms with Crippen molar-refractivity contribution in [3.05, 3.63) is 224 Å². The molecule has 0 aromatic heterocycles. The molecule has 1 nitrogen and oxygen atoms in total. The van der Waals surface area contributed by atoms with E-state index >= 15 is 0 Å². The second kappa shape index (κ2) is 14.3. The van der Waals surface area contributed by atoms with Gasteiger partial charge in [-0.15, -0.1) is 0 Å². The number of para-hydroxylation sites is 1. The third-order valence-corrected chi connectivity index (χ3v) is 10.1. The van der Waals surface area contributed by atoms with Gasteiger partial charge in [0, 0.05) is 16.9 Å². The number of fused-ring (bicyclic) bond motifs is 1. The fraction of sp³-hybridized carbons (Fsp3) is 0. The zero-order valence-electron chi connectivity index (χ0n) is 29.3. The summed E-state index contributed by atoms with van der Waals surface area (Å²) in [7, 11) is 0. The molecule has 0 aliphatic rings. The van der Waals surface area contributed by atoms with Crippen LogP contribution in [0.25, 0.3) is 66.4 Å². The highest BCUT2D eigenvalue weighted by atomic mass is 15.1. The molecule has 0 heterocycles. The van der Waals surface area contributed by atoms with Crippen LogP contribution in [0.1, 0.15) is 0 Å². The van der Waals surface area contributed by atoms with Crippen LogP contribution in [0.4, 0.5) is 17.1 Å². The van der Waals surface area contributed by atoms with Gasteiger partial charge in [0.15, 0.2) is 0 Å². The van der Waals surface area contributed by atoms with Crippen molar-refractivity contribution in [1.82, 2.24) is 0 Å². The standard InChI is InChI=1S/C52H37N/c1-4-15-38(16-5-1)39-27-32-45(33-28-39)53(52-26-13-12-24-48(52)42-17-6-2-7-18-42)46-34-29-40(30-35-46)44-31-36-50(51(37-44)43-19-8-3-9-20-43)49-25-14-22-41-21-10-11-23-47(41)49/h1-37H. The van der Waals surface area contributed by atoms with E-state index in [-0.39, 0.29) is 0 Å². The number of benzene rings is 9. The molecule has 0 radical (unpaired) electrons. The van der Waals surface area contributed by atoms with E-state index in [1.54, 1.807) is 0 Å². The maximum atomic E-state index is 2.37. The van der Waals surface area contributed by atoms with Crippen molar-refractivity contribution in [2.24, 2.45) is 0 Å². The van der Waals surface area contributed by atoms with Gasteiger partial charge < -0.3 is 4.90 Å². The predicted molar refractivity (Wildman–Crippen MR) is 226 cm³/mol. The first-order chi connectivity index (χ1) is 26.3. The lowest BCUT2D eigenvalue weighted by Gasteiger charge is -2.28. The third-order valence-electron chi connectivity index (χ3n) is 10.1. The molecule has 0 unspecified atom stereocenters. The molecule has 0 amide bonds.